The van der Waals surface area contributed by atoms with Crippen molar-refractivity contribution in [3.63, 3.8) is 0 Å². The number of ether oxygens (including phenoxy) is 1. The number of furan rings is 1. The van der Waals surface area contributed by atoms with E-state index in [4.69, 9.17) is 9.15 Å². The topological polar surface area (TPSA) is 118 Å². The maximum absolute atomic E-state index is 12.9. The Morgan fingerprint density at radius 1 is 1.25 bits per heavy atom. The van der Waals surface area contributed by atoms with E-state index in [0.29, 0.717) is 5.56 Å². The fourth-order valence-corrected chi connectivity index (χ4v) is 5.14. The molecule has 1 unspecified atom stereocenters. The predicted octanol–water partition coefficient (Wildman–Crippen LogP) is 3.65. The van der Waals surface area contributed by atoms with Crippen molar-refractivity contribution in [2.24, 2.45) is 0 Å². The second kappa shape index (κ2) is 8.60. The van der Waals surface area contributed by atoms with E-state index in [2.05, 4.69) is 10.6 Å². The van der Waals surface area contributed by atoms with Crippen molar-refractivity contribution >= 4 is 51.5 Å². The van der Waals surface area contributed by atoms with Crippen molar-refractivity contribution in [2.75, 3.05) is 18.5 Å². The Kier molecular flexibility index (Phi) is 5.85. The molecular formula is C21H19N3O6S2. The summed E-state index contributed by atoms with van der Waals surface area (Å²) in [5.74, 6) is -1.53. The van der Waals surface area contributed by atoms with Crippen LogP contribution in [0.15, 0.2) is 45.7 Å². The van der Waals surface area contributed by atoms with Crippen LogP contribution in [0.3, 0.4) is 0 Å². The quantitative estimate of drug-likeness (QED) is 0.399. The number of imide groups is 1. The molecule has 0 saturated carbocycles. The van der Waals surface area contributed by atoms with E-state index in [9.17, 15) is 19.2 Å². The first-order valence-corrected chi connectivity index (χ1v) is 11.4. The minimum atomic E-state index is -1.40. The third-order valence-electron chi connectivity index (χ3n) is 4.90. The summed E-state index contributed by atoms with van der Waals surface area (Å²) in [5.41, 5.74) is -0.504. The zero-order valence-electron chi connectivity index (χ0n) is 17.2. The lowest BCUT2D eigenvalue weighted by atomic mass is 9.99. The molecule has 4 rings (SSSR count). The number of amides is 4. The zero-order chi connectivity index (χ0) is 22.9. The first-order valence-electron chi connectivity index (χ1n) is 9.65. The molecule has 0 spiro atoms. The van der Waals surface area contributed by atoms with Crippen LogP contribution in [0.1, 0.15) is 30.0 Å². The highest BCUT2D eigenvalue weighted by Crippen LogP contribution is 2.38. The van der Waals surface area contributed by atoms with E-state index in [0.717, 1.165) is 9.78 Å². The maximum Gasteiger partial charge on any atom is 0.341 e. The largest absolute Gasteiger partial charge is 0.466 e. The second-order valence-electron chi connectivity index (χ2n) is 7.02. The van der Waals surface area contributed by atoms with Crippen molar-refractivity contribution in [1.29, 1.82) is 0 Å². The van der Waals surface area contributed by atoms with Gasteiger partial charge in [0.1, 0.15) is 22.9 Å². The van der Waals surface area contributed by atoms with E-state index in [1.165, 1.54) is 35.9 Å². The molecule has 11 heteroatoms. The first-order chi connectivity index (χ1) is 15.3. The van der Waals surface area contributed by atoms with Gasteiger partial charge in [-0.2, -0.15) is 0 Å². The number of thiophene rings is 2. The highest BCUT2D eigenvalue weighted by Gasteiger charge is 2.51. The summed E-state index contributed by atoms with van der Waals surface area (Å²) in [6.45, 7) is 2.87. The van der Waals surface area contributed by atoms with Crippen LogP contribution in [0.4, 0.5) is 9.80 Å². The van der Waals surface area contributed by atoms with E-state index < -0.39 is 35.9 Å². The Bertz CT molecular complexity index is 1170. The number of urea groups is 1. The maximum atomic E-state index is 12.9. The normalized spacial score (nSPS) is 18.0. The molecule has 0 aromatic carbocycles. The highest BCUT2D eigenvalue weighted by atomic mass is 32.1. The van der Waals surface area contributed by atoms with Crippen molar-refractivity contribution < 1.29 is 28.3 Å². The van der Waals surface area contributed by atoms with Gasteiger partial charge in [-0.1, -0.05) is 6.07 Å². The lowest BCUT2D eigenvalue weighted by molar-refractivity contribution is -0.134. The van der Waals surface area contributed by atoms with E-state index in [1.54, 1.807) is 24.4 Å². The molecule has 166 valence electrons. The molecule has 1 fully saturated rings. The Morgan fingerprint density at radius 2 is 2.06 bits per heavy atom. The van der Waals surface area contributed by atoms with Gasteiger partial charge in [-0.25, -0.2) is 9.59 Å². The SMILES string of the molecule is CCOC(=O)c1c(-c2cccs2)csc1NC(=O)CN1C(=O)NC(C)(c2ccco2)C1=O. The van der Waals surface area contributed by atoms with E-state index in [1.807, 2.05) is 17.5 Å². The molecule has 3 aromatic rings. The Morgan fingerprint density at radius 3 is 2.72 bits per heavy atom. The van der Waals surface area contributed by atoms with Gasteiger partial charge in [0.15, 0.2) is 5.54 Å². The van der Waals surface area contributed by atoms with Crippen LogP contribution in [0.25, 0.3) is 10.4 Å². The van der Waals surface area contributed by atoms with Crippen LogP contribution in [0, 0.1) is 0 Å². The van der Waals surface area contributed by atoms with E-state index >= 15 is 0 Å². The summed E-state index contributed by atoms with van der Waals surface area (Å²) in [4.78, 5) is 52.3. The molecular weight excluding hydrogens is 454 g/mol. The number of hydrogen-bond donors (Lipinski definition) is 2. The standard InChI is InChI=1S/C21H19N3O6S2/c1-3-29-18(26)16-12(13-6-5-9-31-13)11-32-17(16)22-15(25)10-24-19(27)21(2,23-20(24)28)14-7-4-8-30-14/h4-9,11H,3,10H2,1-2H3,(H,22,25)(H,23,28). The van der Waals surface area contributed by atoms with Crippen molar-refractivity contribution in [3.8, 4) is 10.4 Å². The van der Waals surface area contributed by atoms with Crippen molar-refractivity contribution in [3.05, 3.63) is 52.6 Å². The van der Waals surface area contributed by atoms with Crippen LogP contribution in [-0.4, -0.2) is 41.9 Å². The average Bonchev–Trinajstić information content (AvgIpc) is 3.54. The molecule has 1 aliphatic rings. The predicted molar refractivity (Wildman–Crippen MR) is 119 cm³/mol. The van der Waals surface area contributed by atoms with Gasteiger partial charge in [0, 0.05) is 15.8 Å². The monoisotopic (exact) mass is 473 g/mol. The summed E-state index contributed by atoms with van der Waals surface area (Å²) < 4.78 is 10.4. The number of anilines is 1. The number of esters is 1. The highest BCUT2D eigenvalue weighted by molar-refractivity contribution is 7.17. The molecule has 1 aliphatic heterocycles. The number of rotatable bonds is 7. The summed E-state index contributed by atoms with van der Waals surface area (Å²) in [6, 6.07) is 6.20. The molecule has 0 radical (unpaired) electrons. The van der Waals surface area contributed by atoms with Gasteiger partial charge in [-0.3, -0.25) is 14.5 Å². The fraction of sp³-hybridized carbons (Fsp3) is 0.238. The van der Waals surface area contributed by atoms with Gasteiger partial charge in [-0.05, 0) is 37.4 Å². The van der Waals surface area contributed by atoms with Crippen LogP contribution in [0.2, 0.25) is 0 Å². The Labute approximate surface area is 191 Å². The van der Waals surface area contributed by atoms with Gasteiger partial charge in [-0.15, -0.1) is 22.7 Å². The van der Waals surface area contributed by atoms with Gasteiger partial charge < -0.3 is 19.8 Å². The summed E-state index contributed by atoms with van der Waals surface area (Å²) in [7, 11) is 0. The molecule has 32 heavy (non-hydrogen) atoms. The summed E-state index contributed by atoms with van der Waals surface area (Å²) in [6.07, 6.45) is 1.40. The van der Waals surface area contributed by atoms with Gasteiger partial charge in [0.25, 0.3) is 5.91 Å². The smallest absolute Gasteiger partial charge is 0.341 e. The number of hydrogen-bond acceptors (Lipinski definition) is 8. The van der Waals surface area contributed by atoms with Crippen molar-refractivity contribution in [2.45, 2.75) is 19.4 Å². The third-order valence-corrected chi connectivity index (χ3v) is 6.70. The molecule has 2 N–H and O–H groups in total. The molecule has 4 amide bonds. The lowest BCUT2D eigenvalue weighted by Crippen LogP contribution is -2.41. The third kappa shape index (κ3) is 3.80. The number of carbonyl (C=O) groups is 4. The van der Waals surface area contributed by atoms with Gasteiger partial charge in [0.2, 0.25) is 5.91 Å². The molecule has 1 atom stereocenters. The summed E-state index contributed by atoms with van der Waals surface area (Å²) >= 11 is 2.62. The van der Waals surface area contributed by atoms with Crippen LogP contribution >= 0.6 is 22.7 Å². The molecule has 1 saturated heterocycles. The summed E-state index contributed by atoms with van der Waals surface area (Å²) in [5, 5.41) is 9.14. The number of nitrogens with one attached hydrogen (secondary N) is 2. The number of nitrogens with zero attached hydrogens (tertiary/aromatic N) is 1. The second-order valence-corrected chi connectivity index (χ2v) is 8.85. The lowest BCUT2D eigenvalue weighted by Gasteiger charge is -2.18. The molecule has 0 bridgehead atoms. The van der Waals surface area contributed by atoms with Crippen LogP contribution < -0.4 is 10.6 Å². The first kappa shape index (κ1) is 21.8. The Hall–Kier alpha value is -3.44. The molecule has 4 heterocycles. The Balaban J connectivity index is 1.54. The average molecular weight is 474 g/mol. The van der Waals surface area contributed by atoms with Gasteiger partial charge in [0.05, 0.1) is 12.9 Å². The fourth-order valence-electron chi connectivity index (χ4n) is 3.35. The van der Waals surface area contributed by atoms with Crippen molar-refractivity contribution in [1.82, 2.24) is 10.2 Å². The zero-order valence-corrected chi connectivity index (χ0v) is 18.8. The van der Waals surface area contributed by atoms with Gasteiger partial charge >= 0.3 is 12.0 Å². The molecule has 3 aromatic heterocycles. The molecule has 0 aliphatic carbocycles. The number of carbonyl (C=O) groups excluding carboxylic acids is 4. The van der Waals surface area contributed by atoms with Crippen LogP contribution in [-0.2, 0) is 19.9 Å². The van der Waals surface area contributed by atoms with Crippen LogP contribution in [0.5, 0.6) is 0 Å². The minimum Gasteiger partial charge on any atom is -0.466 e. The van der Waals surface area contributed by atoms with E-state index in [-0.39, 0.29) is 22.9 Å². The minimum absolute atomic E-state index is 0.180. The molecule has 9 nitrogen and oxygen atoms in total.